The third-order valence-electron chi connectivity index (χ3n) is 3.67. The van der Waals surface area contributed by atoms with Crippen LogP contribution in [-0.2, 0) is 11.3 Å². The molecule has 2 heterocycles. The summed E-state index contributed by atoms with van der Waals surface area (Å²) in [4.78, 5) is 30.5. The smallest absolute Gasteiger partial charge is 0.344 e. The Morgan fingerprint density at radius 2 is 2.19 bits per heavy atom. The average Bonchev–Trinajstić information content (AvgIpc) is 3.20. The standard InChI is InChI=1S/C17H15N5O4/c1-26-17(23)14-8-13(3-4-15(14)22(24)25)19-9-12-2-5-16(20-10-12)21-7-6-18-11-21/h2-8,10-11,19H,9H2,1H3. The molecule has 0 saturated carbocycles. The summed E-state index contributed by atoms with van der Waals surface area (Å²) in [6.45, 7) is 0.440. The molecule has 0 saturated heterocycles. The van der Waals surface area contributed by atoms with Crippen LogP contribution in [0.4, 0.5) is 11.4 Å². The highest BCUT2D eigenvalue weighted by atomic mass is 16.6. The first-order valence-electron chi connectivity index (χ1n) is 7.62. The molecule has 0 fully saturated rings. The quantitative estimate of drug-likeness (QED) is 0.412. The Balaban J connectivity index is 1.73. The molecule has 132 valence electrons. The van der Waals surface area contributed by atoms with Gasteiger partial charge in [-0.05, 0) is 23.8 Å². The van der Waals surface area contributed by atoms with Gasteiger partial charge >= 0.3 is 5.97 Å². The number of nitro groups is 1. The van der Waals surface area contributed by atoms with E-state index in [0.29, 0.717) is 12.2 Å². The minimum Gasteiger partial charge on any atom is -0.465 e. The number of aromatic nitrogens is 3. The molecule has 26 heavy (non-hydrogen) atoms. The van der Waals surface area contributed by atoms with Gasteiger partial charge in [0, 0.05) is 36.9 Å². The Labute approximate surface area is 148 Å². The van der Waals surface area contributed by atoms with Gasteiger partial charge < -0.3 is 10.1 Å². The van der Waals surface area contributed by atoms with E-state index in [-0.39, 0.29) is 11.3 Å². The topological polar surface area (TPSA) is 112 Å². The van der Waals surface area contributed by atoms with Crippen molar-refractivity contribution in [3.63, 3.8) is 0 Å². The van der Waals surface area contributed by atoms with Crippen LogP contribution >= 0.6 is 0 Å². The number of rotatable bonds is 6. The van der Waals surface area contributed by atoms with Crippen molar-refractivity contribution in [3.05, 3.63) is 76.5 Å². The van der Waals surface area contributed by atoms with Crippen LogP contribution in [0.25, 0.3) is 5.82 Å². The number of hydrogen-bond acceptors (Lipinski definition) is 7. The predicted molar refractivity (Wildman–Crippen MR) is 93.1 cm³/mol. The monoisotopic (exact) mass is 353 g/mol. The zero-order valence-corrected chi connectivity index (χ0v) is 13.8. The summed E-state index contributed by atoms with van der Waals surface area (Å²) in [5.41, 5.74) is 1.08. The number of pyridine rings is 1. The summed E-state index contributed by atoms with van der Waals surface area (Å²) in [5, 5.41) is 14.1. The summed E-state index contributed by atoms with van der Waals surface area (Å²) in [5.74, 6) is -0.0127. The molecule has 0 atom stereocenters. The molecule has 0 amide bonds. The van der Waals surface area contributed by atoms with E-state index in [1.54, 1.807) is 29.5 Å². The maximum atomic E-state index is 11.7. The number of hydrogen-bond donors (Lipinski definition) is 1. The molecule has 0 unspecified atom stereocenters. The van der Waals surface area contributed by atoms with Crippen LogP contribution in [0.15, 0.2) is 55.2 Å². The largest absolute Gasteiger partial charge is 0.465 e. The second kappa shape index (κ2) is 7.43. The highest BCUT2D eigenvalue weighted by Crippen LogP contribution is 2.24. The van der Waals surface area contributed by atoms with Crippen LogP contribution in [-0.4, -0.2) is 32.5 Å². The van der Waals surface area contributed by atoms with Crippen molar-refractivity contribution in [1.82, 2.24) is 14.5 Å². The van der Waals surface area contributed by atoms with Crippen molar-refractivity contribution in [2.75, 3.05) is 12.4 Å². The molecule has 1 aromatic carbocycles. The number of esters is 1. The number of benzene rings is 1. The van der Waals surface area contributed by atoms with Crippen molar-refractivity contribution < 1.29 is 14.5 Å². The molecule has 9 nitrogen and oxygen atoms in total. The van der Waals surface area contributed by atoms with Crippen molar-refractivity contribution in [3.8, 4) is 5.82 Å². The van der Waals surface area contributed by atoms with E-state index in [4.69, 9.17) is 0 Å². The van der Waals surface area contributed by atoms with E-state index in [1.807, 2.05) is 12.1 Å². The lowest BCUT2D eigenvalue weighted by Gasteiger charge is -2.09. The maximum Gasteiger partial charge on any atom is 0.344 e. The second-order valence-corrected chi connectivity index (χ2v) is 5.33. The lowest BCUT2D eigenvalue weighted by molar-refractivity contribution is -0.385. The van der Waals surface area contributed by atoms with Crippen LogP contribution in [0.5, 0.6) is 0 Å². The summed E-state index contributed by atoms with van der Waals surface area (Å²) < 4.78 is 6.39. The molecule has 3 rings (SSSR count). The van der Waals surface area contributed by atoms with E-state index in [1.165, 1.54) is 25.3 Å². The van der Waals surface area contributed by atoms with Gasteiger partial charge in [0.2, 0.25) is 0 Å². The number of imidazole rings is 1. The molecule has 0 radical (unpaired) electrons. The summed E-state index contributed by atoms with van der Waals surface area (Å²) in [6.07, 6.45) is 6.84. The Kier molecular flexibility index (Phi) is 4.88. The van der Waals surface area contributed by atoms with Gasteiger partial charge in [0.25, 0.3) is 5.69 Å². The third kappa shape index (κ3) is 3.66. The van der Waals surface area contributed by atoms with E-state index >= 15 is 0 Å². The number of anilines is 1. The Morgan fingerprint density at radius 1 is 1.35 bits per heavy atom. The minimum atomic E-state index is -0.758. The fraction of sp³-hybridized carbons (Fsp3) is 0.118. The van der Waals surface area contributed by atoms with Crippen molar-refractivity contribution in [2.45, 2.75) is 6.54 Å². The van der Waals surface area contributed by atoms with Gasteiger partial charge in [0.05, 0.1) is 12.0 Å². The number of carbonyl (C=O) groups excluding carboxylic acids is 1. The molecular formula is C17H15N5O4. The molecule has 0 aliphatic rings. The Morgan fingerprint density at radius 3 is 2.81 bits per heavy atom. The predicted octanol–water partition coefficient (Wildman–Crippen LogP) is 2.57. The van der Waals surface area contributed by atoms with Crippen LogP contribution in [0.3, 0.4) is 0 Å². The maximum absolute atomic E-state index is 11.7. The number of nitrogens with one attached hydrogen (secondary N) is 1. The van der Waals surface area contributed by atoms with Crippen LogP contribution in [0.1, 0.15) is 15.9 Å². The Hall–Kier alpha value is -3.75. The average molecular weight is 353 g/mol. The SMILES string of the molecule is COC(=O)c1cc(NCc2ccc(-n3ccnc3)nc2)ccc1[N+](=O)[O-]. The first-order chi connectivity index (χ1) is 12.6. The van der Waals surface area contributed by atoms with Crippen LogP contribution < -0.4 is 5.32 Å². The lowest BCUT2D eigenvalue weighted by atomic mass is 10.1. The molecule has 0 aliphatic heterocycles. The fourth-order valence-electron chi connectivity index (χ4n) is 2.35. The summed E-state index contributed by atoms with van der Waals surface area (Å²) >= 11 is 0. The van der Waals surface area contributed by atoms with Gasteiger partial charge in [0.15, 0.2) is 0 Å². The first-order valence-corrected chi connectivity index (χ1v) is 7.62. The van der Waals surface area contributed by atoms with Gasteiger partial charge in [-0.1, -0.05) is 6.07 Å². The van der Waals surface area contributed by atoms with Gasteiger partial charge in [-0.2, -0.15) is 0 Å². The molecule has 2 aromatic heterocycles. The van der Waals surface area contributed by atoms with Crippen molar-refractivity contribution in [1.29, 1.82) is 0 Å². The first kappa shape index (κ1) is 17.1. The number of methoxy groups -OCH3 is 1. The molecule has 9 heteroatoms. The molecule has 3 aromatic rings. The molecule has 0 bridgehead atoms. The highest BCUT2D eigenvalue weighted by Gasteiger charge is 2.21. The van der Waals surface area contributed by atoms with E-state index in [2.05, 4.69) is 20.0 Å². The Bertz CT molecular complexity index is 923. The number of nitrogens with zero attached hydrogens (tertiary/aromatic N) is 4. The second-order valence-electron chi connectivity index (χ2n) is 5.33. The normalized spacial score (nSPS) is 10.3. The number of carbonyl (C=O) groups is 1. The van der Waals surface area contributed by atoms with E-state index in [0.717, 1.165) is 11.4 Å². The zero-order valence-electron chi connectivity index (χ0n) is 13.8. The van der Waals surface area contributed by atoms with E-state index < -0.39 is 10.9 Å². The summed E-state index contributed by atoms with van der Waals surface area (Å²) in [6, 6.07) is 7.97. The molecule has 0 spiro atoms. The lowest BCUT2D eigenvalue weighted by Crippen LogP contribution is -2.07. The molecule has 1 N–H and O–H groups in total. The molecule has 0 aliphatic carbocycles. The fourth-order valence-corrected chi connectivity index (χ4v) is 2.35. The zero-order chi connectivity index (χ0) is 18.5. The minimum absolute atomic E-state index is 0.101. The van der Waals surface area contributed by atoms with Crippen LogP contribution in [0, 0.1) is 10.1 Å². The highest BCUT2D eigenvalue weighted by molar-refractivity contribution is 5.95. The number of ether oxygens (including phenoxy) is 1. The summed E-state index contributed by atoms with van der Waals surface area (Å²) in [7, 11) is 1.18. The van der Waals surface area contributed by atoms with Gasteiger partial charge in [-0.25, -0.2) is 14.8 Å². The molecular weight excluding hydrogens is 338 g/mol. The number of nitro benzene ring substituents is 1. The van der Waals surface area contributed by atoms with Gasteiger partial charge in [-0.3, -0.25) is 14.7 Å². The van der Waals surface area contributed by atoms with Crippen molar-refractivity contribution in [2.24, 2.45) is 0 Å². The third-order valence-corrected chi connectivity index (χ3v) is 3.67. The van der Waals surface area contributed by atoms with Crippen molar-refractivity contribution >= 4 is 17.3 Å². The van der Waals surface area contributed by atoms with Crippen LogP contribution in [0.2, 0.25) is 0 Å². The van der Waals surface area contributed by atoms with Gasteiger partial charge in [-0.15, -0.1) is 0 Å². The van der Waals surface area contributed by atoms with Gasteiger partial charge in [0.1, 0.15) is 17.7 Å². The van der Waals surface area contributed by atoms with E-state index in [9.17, 15) is 14.9 Å².